The Morgan fingerprint density at radius 2 is 1.96 bits per heavy atom. The zero-order valence-corrected chi connectivity index (χ0v) is 17.0. The van der Waals surface area contributed by atoms with Gasteiger partial charge in [0.05, 0.1) is 5.01 Å². The zero-order chi connectivity index (χ0) is 17.9. The fraction of sp³-hybridized carbons (Fsp3) is 0.778. The minimum Gasteiger partial charge on any atom is -0.356 e. The molecule has 1 aromatic rings. The molecule has 6 heteroatoms. The second-order valence-corrected chi connectivity index (χ2v) is 7.51. The molecule has 2 N–H and O–H groups in total. The van der Waals surface area contributed by atoms with Crippen LogP contribution in [0.25, 0.3) is 0 Å². The van der Waals surface area contributed by atoms with Crippen LogP contribution in [0, 0.1) is 5.92 Å². The fourth-order valence-corrected chi connectivity index (χ4v) is 3.80. The number of guanidine groups is 1. The Morgan fingerprint density at radius 1 is 1.25 bits per heavy atom. The quantitative estimate of drug-likeness (QED) is 0.502. The molecule has 138 valence electrons. The highest BCUT2D eigenvalue weighted by Crippen LogP contribution is 2.16. The molecule has 0 aliphatic rings. The third-order valence-electron chi connectivity index (χ3n) is 4.54. The highest BCUT2D eigenvalue weighted by molar-refractivity contribution is 7.11. The van der Waals surface area contributed by atoms with Gasteiger partial charge < -0.3 is 15.5 Å². The van der Waals surface area contributed by atoms with Gasteiger partial charge in [0.1, 0.15) is 0 Å². The van der Waals surface area contributed by atoms with Crippen molar-refractivity contribution in [1.29, 1.82) is 0 Å². The lowest BCUT2D eigenvalue weighted by atomic mass is 9.93. The van der Waals surface area contributed by atoms with Gasteiger partial charge in [0.2, 0.25) is 0 Å². The molecule has 0 radical (unpaired) electrons. The van der Waals surface area contributed by atoms with Gasteiger partial charge in [-0.25, -0.2) is 4.98 Å². The van der Waals surface area contributed by atoms with Gasteiger partial charge in [-0.15, -0.1) is 11.3 Å². The van der Waals surface area contributed by atoms with Crippen LogP contribution in [0.5, 0.6) is 0 Å². The first-order valence-electron chi connectivity index (χ1n) is 9.10. The van der Waals surface area contributed by atoms with Crippen LogP contribution < -0.4 is 10.6 Å². The molecule has 1 unspecified atom stereocenters. The van der Waals surface area contributed by atoms with Crippen molar-refractivity contribution in [2.75, 3.05) is 34.2 Å². The SMILES string of the molecule is CCc1cnc(CCNC(=NC)NCC(C(CC)CC)N(C)C)s1. The van der Waals surface area contributed by atoms with E-state index in [1.165, 1.54) is 22.7 Å². The van der Waals surface area contributed by atoms with Crippen molar-refractivity contribution in [2.45, 2.75) is 52.5 Å². The van der Waals surface area contributed by atoms with E-state index in [1.54, 1.807) is 11.3 Å². The summed E-state index contributed by atoms with van der Waals surface area (Å²) in [5, 5.41) is 8.08. The Kier molecular flexibility index (Phi) is 9.95. The van der Waals surface area contributed by atoms with Crippen LogP contribution in [0.4, 0.5) is 0 Å². The number of aromatic nitrogens is 1. The van der Waals surface area contributed by atoms with Gasteiger partial charge in [0.25, 0.3) is 0 Å². The number of aryl methyl sites for hydroxylation is 1. The lowest BCUT2D eigenvalue weighted by molar-refractivity contribution is 0.200. The summed E-state index contributed by atoms with van der Waals surface area (Å²) in [5.74, 6) is 1.58. The molecule has 0 saturated carbocycles. The third-order valence-corrected chi connectivity index (χ3v) is 5.74. The maximum absolute atomic E-state index is 4.46. The van der Waals surface area contributed by atoms with Crippen LogP contribution in [0.1, 0.15) is 43.5 Å². The molecule has 1 heterocycles. The molecule has 0 aliphatic heterocycles. The Balaban J connectivity index is 2.43. The van der Waals surface area contributed by atoms with Crippen molar-refractivity contribution in [2.24, 2.45) is 10.9 Å². The van der Waals surface area contributed by atoms with Crippen LogP contribution in [-0.2, 0) is 12.8 Å². The maximum Gasteiger partial charge on any atom is 0.191 e. The van der Waals surface area contributed by atoms with E-state index in [0.29, 0.717) is 12.0 Å². The number of likely N-dealkylation sites (N-methyl/N-ethyl adjacent to an activating group) is 1. The molecule has 0 aliphatic carbocycles. The topological polar surface area (TPSA) is 52.6 Å². The van der Waals surface area contributed by atoms with E-state index >= 15 is 0 Å². The number of nitrogens with zero attached hydrogens (tertiary/aromatic N) is 3. The highest BCUT2D eigenvalue weighted by atomic mass is 32.1. The second-order valence-electron chi connectivity index (χ2n) is 6.31. The van der Waals surface area contributed by atoms with Gasteiger partial charge in [-0.1, -0.05) is 33.6 Å². The van der Waals surface area contributed by atoms with Gasteiger partial charge in [0.15, 0.2) is 5.96 Å². The van der Waals surface area contributed by atoms with Gasteiger partial charge in [-0.2, -0.15) is 0 Å². The summed E-state index contributed by atoms with van der Waals surface area (Å²) in [4.78, 5) is 12.5. The highest BCUT2D eigenvalue weighted by Gasteiger charge is 2.20. The first-order chi connectivity index (χ1) is 11.5. The van der Waals surface area contributed by atoms with E-state index in [-0.39, 0.29) is 0 Å². The molecule has 0 fully saturated rings. The maximum atomic E-state index is 4.46. The summed E-state index contributed by atoms with van der Waals surface area (Å²) in [6.07, 6.45) is 6.41. The van der Waals surface area contributed by atoms with Crippen LogP contribution in [0.15, 0.2) is 11.2 Å². The van der Waals surface area contributed by atoms with Crippen molar-refractivity contribution >= 4 is 17.3 Å². The lowest BCUT2D eigenvalue weighted by Crippen LogP contribution is -2.48. The Morgan fingerprint density at radius 3 is 2.46 bits per heavy atom. The minimum absolute atomic E-state index is 0.518. The summed E-state index contributed by atoms with van der Waals surface area (Å²) in [6.45, 7) is 8.49. The predicted molar refractivity (Wildman–Crippen MR) is 106 cm³/mol. The van der Waals surface area contributed by atoms with Gasteiger partial charge in [-0.3, -0.25) is 4.99 Å². The molecule has 1 rings (SSSR count). The molecule has 0 spiro atoms. The largest absolute Gasteiger partial charge is 0.356 e. The minimum atomic E-state index is 0.518. The first-order valence-corrected chi connectivity index (χ1v) is 9.91. The molecular formula is C18H35N5S. The summed E-state index contributed by atoms with van der Waals surface area (Å²) in [6, 6.07) is 0.518. The van der Waals surface area contributed by atoms with E-state index in [2.05, 4.69) is 60.4 Å². The summed E-state index contributed by atoms with van der Waals surface area (Å²) in [5.41, 5.74) is 0. The van der Waals surface area contributed by atoms with Crippen molar-refractivity contribution < 1.29 is 0 Å². The summed E-state index contributed by atoms with van der Waals surface area (Å²) in [7, 11) is 6.15. The van der Waals surface area contributed by atoms with E-state index < -0.39 is 0 Å². The van der Waals surface area contributed by atoms with Crippen LogP contribution >= 0.6 is 11.3 Å². The van der Waals surface area contributed by atoms with E-state index in [1.807, 2.05) is 13.2 Å². The predicted octanol–water partition coefficient (Wildman–Crippen LogP) is 2.78. The third kappa shape index (κ3) is 6.77. The number of hydrogen-bond acceptors (Lipinski definition) is 4. The van der Waals surface area contributed by atoms with Crippen LogP contribution in [-0.4, -0.2) is 56.1 Å². The molecule has 0 aromatic carbocycles. The smallest absolute Gasteiger partial charge is 0.191 e. The van der Waals surface area contributed by atoms with E-state index in [4.69, 9.17) is 0 Å². The average molecular weight is 354 g/mol. The van der Waals surface area contributed by atoms with E-state index in [9.17, 15) is 0 Å². The number of rotatable bonds is 10. The van der Waals surface area contributed by atoms with Crippen molar-refractivity contribution in [3.8, 4) is 0 Å². The Hall–Kier alpha value is -1.14. The molecule has 0 bridgehead atoms. The van der Waals surface area contributed by atoms with Gasteiger partial charge in [0, 0.05) is 43.7 Å². The molecule has 1 aromatic heterocycles. The first kappa shape index (κ1) is 20.9. The average Bonchev–Trinajstić information content (AvgIpc) is 3.04. The second kappa shape index (κ2) is 11.4. The molecule has 24 heavy (non-hydrogen) atoms. The molecule has 5 nitrogen and oxygen atoms in total. The monoisotopic (exact) mass is 353 g/mol. The number of nitrogens with one attached hydrogen (secondary N) is 2. The fourth-order valence-electron chi connectivity index (χ4n) is 2.94. The van der Waals surface area contributed by atoms with Crippen molar-refractivity contribution in [3.05, 3.63) is 16.1 Å². The molecule has 1 atom stereocenters. The number of thiazole rings is 1. The van der Waals surface area contributed by atoms with Crippen LogP contribution in [0.2, 0.25) is 0 Å². The Labute approximate surface area is 152 Å². The number of aliphatic imine (C=N–C) groups is 1. The van der Waals surface area contributed by atoms with E-state index in [0.717, 1.165) is 31.9 Å². The Bertz CT molecular complexity index is 480. The zero-order valence-electron chi connectivity index (χ0n) is 16.2. The van der Waals surface area contributed by atoms with Crippen LogP contribution in [0.3, 0.4) is 0 Å². The van der Waals surface area contributed by atoms with Gasteiger partial charge in [-0.05, 0) is 26.4 Å². The molecule has 0 amide bonds. The normalized spacial score (nSPS) is 13.6. The molecular weight excluding hydrogens is 318 g/mol. The number of hydrogen-bond donors (Lipinski definition) is 2. The molecule has 0 saturated heterocycles. The standard InChI is InChI=1S/C18H35N5S/c1-7-14(8-2)16(23(5)6)13-22-18(19-4)20-11-10-17-21-12-15(9-3)24-17/h12,14,16H,7-11,13H2,1-6H3,(H2,19,20,22). The lowest BCUT2D eigenvalue weighted by Gasteiger charge is -2.32. The van der Waals surface area contributed by atoms with Crippen molar-refractivity contribution in [1.82, 2.24) is 20.5 Å². The van der Waals surface area contributed by atoms with Gasteiger partial charge >= 0.3 is 0 Å². The summed E-state index contributed by atoms with van der Waals surface area (Å²) >= 11 is 1.81. The van der Waals surface area contributed by atoms with Crippen molar-refractivity contribution in [3.63, 3.8) is 0 Å². The summed E-state index contributed by atoms with van der Waals surface area (Å²) < 4.78 is 0.